The summed E-state index contributed by atoms with van der Waals surface area (Å²) in [7, 11) is 0. The fourth-order valence-electron chi connectivity index (χ4n) is 2.13. The molecule has 1 aliphatic heterocycles. The molecule has 0 bridgehead atoms. The van der Waals surface area contributed by atoms with Gasteiger partial charge in [0.2, 0.25) is 0 Å². The van der Waals surface area contributed by atoms with Crippen LogP contribution in [0.5, 0.6) is 0 Å². The summed E-state index contributed by atoms with van der Waals surface area (Å²) in [5, 5.41) is 23.3. The molecule has 1 rings (SSSR count). The van der Waals surface area contributed by atoms with Crippen LogP contribution in [0.25, 0.3) is 0 Å². The number of hydrogen-bond donors (Lipinski definition) is 0. The van der Waals surface area contributed by atoms with E-state index in [4.69, 9.17) is 0 Å². The smallest absolute Gasteiger partial charge is 0.550 e. The number of carbonyl (C=O) groups is 1. The number of aliphatic carboxylic acids is 1. The molecule has 14 heavy (non-hydrogen) atoms. The second-order valence-corrected chi connectivity index (χ2v) is 4.84. The molecule has 5 heteroatoms. The van der Waals surface area contributed by atoms with Crippen molar-refractivity contribution in [2.24, 2.45) is 5.92 Å². The van der Waals surface area contributed by atoms with Gasteiger partial charge in [0.05, 0.1) is 5.54 Å². The fourth-order valence-corrected chi connectivity index (χ4v) is 2.13. The van der Waals surface area contributed by atoms with E-state index >= 15 is 0 Å². The van der Waals surface area contributed by atoms with E-state index in [0.29, 0.717) is 6.42 Å². The first-order chi connectivity index (χ1) is 5.69. The van der Waals surface area contributed by atoms with E-state index in [2.05, 4.69) is 0 Å². The molecule has 1 aliphatic rings. The third-order valence-corrected chi connectivity index (χ3v) is 2.91. The third-order valence-electron chi connectivity index (χ3n) is 2.91. The van der Waals surface area contributed by atoms with Gasteiger partial charge in [-0.2, -0.15) is 0 Å². The van der Waals surface area contributed by atoms with Crippen molar-refractivity contribution in [2.45, 2.75) is 45.2 Å². The SMILES string of the molecule is CC1(C)CC(C(=O)[O-])C(C)(C)[14N]1[O].[K+]. The van der Waals surface area contributed by atoms with Crippen molar-refractivity contribution in [1.82, 2.24) is 5.06 Å². The minimum absolute atomic E-state index is 0. The number of carboxylic acids is 1. The summed E-state index contributed by atoms with van der Waals surface area (Å²) in [6.45, 7) is 6.81. The molecule has 1 fully saturated rings. The first-order valence-electron chi connectivity index (χ1n) is 4.38. The van der Waals surface area contributed by atoms with Crippen molar-refractivity contribution in [3.05, 3.63) is 0 Å². The molecule has 0 aromatic carbocycles. The summed E-state index contributed by atoms with van der Waals surface area (Å²) in [5.74, 6) is -1.81. The van der Waals surface area contributed by atoms with Crippen molar-refractivity contribution < 1.29 is 66.5 Å². The summed E-state index contributed by atoms with van der Waals surface area (Å²) in [5.41, 5.74) is -1.46. The Kier molecular flexibility index (Phi) is 4.82. The van der Waals surface area contributed by atoms with Gasteiger partial charge in [0.25, 0.3) is 0 Å². The first kappa shape index (κ1) is 15.0. The average Bonchev–Trinajstić information content (AvgIpc) is 2.11. The summed E-state index contributed by atoms with van der Waals surface area (Å²) in [6, 6.07) is 0. The van der Waals surface area contributed by atoms with Gasteiger partial charge in [0.1, 0.15) is 0 Å². The van der Waals surface area contributed by atoms with Crippen LogP contribution in [0, 0.1) is 5.92 Å². The average molecular weight is 224 g/mol. The van der Waals surface area contributed by atoms with Gasteiger partial charge < -0.3 is 9.90 Å². The Morgan fingerprint density at radius 1 is 1.36 bits per heavy atom. The van der Waals surface area contributed by atoms with Gasteiger partial charge in [0, 0.05) is 17.4 Å². The Morgan fingerprint density at radius 2 is 1.79 bits per heavy atom. The van der Waals surface area contributed by atoms with Crippen LogP contribution < -0.4 is 56.5 Å². The van der Waals surface area contributed by atoms with Crippen LogP contribution in [-0.2, 0) is 10.0 Å². The summed E-state index contributed by atoms with van der Waals surface area (Å²) < 4.78 is 0. The topological polar surface area (TPSA) is 63.3 Å². The normalized spacial score (nSPS) is 29.6. The molecule has 0 aromatic heterocycles. The van der Waals surface area contributed by atoms with Crippen LogP contribution >= 0.6 is 0 Å². The molecule has 0 amide bonds. The van der Waals surface area contributed by atoms with Gasteiger partial charge in [-0.15, -0.1) is 10.3 Å². The molecule has 75 valence electrons. The second-order valence-electron chi connectivity index (χ2n) is 4.84. The van der Waals surface area contributed by atoms with Crippen LogP contribution in [0.2, 0.25) is 0 Å². The minimum Gasteiger partial charge on any atom is -0.550 e. The van der Waals surface area contributed by atoms with Gasteiger partial charge in [-0.1, -0.05) is 0 Å². The van der Waals surface area contributed by atoms with Crippen LogP contribution in [0.15, 0.2) is 0 Å². The molecule has 1 saturated heterocycles. The van der Waals surface area contributed by atoms with E-state index < -0.39 is 23.0 Å². The van der Waals surface area contributed by atoms with Crippen molar-refractivity contribution >= 4 is 5.97 Å². The Labute approximate surface area is 127 Å². The number of hydrogen-bond acceptors (Lipinski definition) is 3. The molecule has 0 aromatic rings. The molecule has 1 atom stereocenters. The van der Waals surface area contributed by atoms with Crippen molar-refractivity contribution in [3.63, 3.8) is 0 Å². The molecule has 1 unspecified atom stereocenters. The summed E-state index contributed by atoms with van der Waals surface area (Å²) in [6.07, 6.45) is 0.353. The van der Waals surface area contributed by atoms with E-state index in [-0.39, 0.29) is 51.4 Å². The summed E-state index contributed by atoms with van der Waals surface area (Å²) in [4.78, 5) is 10.8. The number of carbonyl (C=O) groups excluding carboxylic acids is 1. The van der Waals surface area contributed by atoms with Crippen LogP contribution in [0.4, 0.5) is 0 Å². The molecule has 1 radical (unpaired) electrons. The van der Waals surface area contributed by atoms with Gasteiger partial charge in [-0.3, -0.25) is 0 Å². The van der Waals surface area contributed by atoms with Gasteiger partial charge in [-0.25, -0.2) is 0 Å². The molecule has 4 nitrogen and oxygen atoms in total. The molecule has 0 N–H and O–H groups in total. The number of hydroxylamine groups is 2. The second kappa shape index (κ2) is 4.49. The monoisotopic (exact) mass is 224 g/mol. The van der Waals surface area contributed by atoms with E-state index in [1.165, 1.54) is 0 Å². The fraction of sp³-hybridized carbons (Fsp3) is 0.889. The molecular weight excluding hydrogens is 209 g/mol. The van der Waals surface area contributed by atoms with Crippen molar-refractivity contribution in [3.8, 4) is 0 Å². The Balaban J connectivity index is 0.00000169. The largest absolute Gasteiger partial charge is 1.00 e. The van der Waals surface area contributed by atoms with E-state index in [0.717, 1.165) is 5.06 Å². The van der Waals surface area contributed by atoms with E-state index in [1.807, 2.05) is 0 Å². The maximum atomic E-state index is 11.7. The molecular formula is C9H15KNO3. The molecule has 0 spiro atoms. The predicted octanol–water partition coefficient (Wildman–Crippen LogP) is -3.04. The minimum atomic E-state index is -1.13. The number of carboxylic acid groups (broad SMARTS) is 1. The summed E-state index contributed by atoms with van der Waals surface area (Å²) >= 11 is 0. The molecule has 1 heterocycles. The number of nitrogens with zero attached hydrogens (tertiary/aromatic N) is 1. The van der Waals surface area contributed by atoms with E-state index in [1.54, 1.807) is 27.7 Å². The quantitative estimate of drug-likeness (QED) is 0.445. The zero-order valence-electron chi connectivity index (χ0n) is 9.46. The van der Waals surface area contributed by atoms with Crippen LogP contribution in [-0.4, -0.2) is 22.1 Å². The standard InChI is InChI=1S/C9H16NO3.K/c1-8(2)5-6(7(11)12)9(3,4)10(8)13;/h6H,5H2,1-4H3,(H,11,12);/q;+1/p-1/i10+0;. The third kappa shape index (κ3) is 2.40. The van der Waals surface area contributed by atoms with Crippen LogP contribution in [0.3, 0.4) is 0 Å². The van der Waals surface area contributed by atoms with Crippen LogP contribution in [0.1, 0.15) is 34.1 Å². The van der Waals surface area contributed by atoms with E-state index in [9.17, 15) is 15.1 Å². The van der Waals surface area contributed by atoms with Gasteiger partial charge >= 0.3 is 51.4 Å². The molecule has 0 saturated carbocycles. The van der Waals surface area contributed by atoms with Gasteiger partial charge in [-0.05, 0) is 34.1 Å². The van der Waals surface area contributed by atoms with Crippen molar-refractivity contribution in [1.29, 1.82) is 0 Å². The maximum Gasteiger partial charge on any atom is 1.00 e. The Morgan fingerprint density at radius 3 is 1.93 bits per heavy atom. The molecule has 0 aliphatic carbocycles. The predicted molar refractivity (Wildman–Crippen MR) is 43.8 cm³/mol. The van der Waals surface area contributed by atoms with Crippen molar-refractivity contribution in [2.75, 3.05) is 0 Å². The van der Waals surface area contributed by atoms with Gasteiger partial charge in [0.15, 0.2) is 0 Å². The Hall–Kier alpha value is 1.03. The first-order valence-corrected chi connectivity index (χ1v) is 4.38. The zero-order valence-corrected chi connectivity index (χ0v) is 12.6. The number of rotatable bonds is 1. The Bertz CT molecular complexity index is 240. The maximum absolute atomic E-state index is 11.7. The zero-order chi connectivity index (χ0) is 10.4.